The number of ether oxygens (including phenoxy) is 1. The number of nitrogens with zero attached hydrogens (tertiary/aromatic N) is 4. The second-order valence-electron chi connectivity index (χ2n) is 6.25. The Hall–Kier alpha value is -3.86. The van der Waals surface area contributed by atoms with Gasteiger partial charge in [-0.25, -0.2) is 4.98 Å². The highest BCUT2D eigenvalue weighted by molar-refractivity contribution is 5.93. The van der Waals surface area contributed by atoms with Crippen LogP contribution in [0.2, 0.25) is 0 Å². The highest BCUT2D eigenvalue weighted by Gasteiger charge is 2.23. The van der Waals surface area contributed by atoms with E-state index in [1.54, 1.807) is 18.5 Å². The highest BCUT2D eigenvalue weighted by atomic mass is 16.5. The van der Waals surface area contributed by atoms with E-state index >= 15 is 0 Å². The summed E-state index contributed by atoms with van der Waals surface area (Å²) in [7, 11) is 0. The fourth-order valence-corrected chi connectivity index (χ4v) is 3.28. The van der Waals surface area contributed by atoms with Gasteiger partial charge in [-0.1, -0.05) is 0 Å². The first-order chi connectivity index (χ1) is 13.3. The van der Waals surface area contributed by atoms with Crippen LogP contribution in [-0.2, 0) is 0 Å². The number of aromatic nitrogens is 4. The predicted octanol–water partition coefficient (Wildman–Crippen LogP) is 3.42. The molecule has 0 amide bonds. The quantitative estimate of drug-likeness (QED) is 0.577. The second-order valence-corrected chi connectivity index (χ2v) is 6.25. The topological polar surface area (TPSA) is 113 Å². The molecule has 0 fully saturated rings. The van der Waals surface area contributed by atoms with Crippen LogP contribution in [0.25, 0.3) is 22.4 Å². The third kappa shape index (κ3) is 2.66. The van der Waals surface area contributed by atoms with Gasteiger partial charge in [0.15, 0.2) is 12.2 Å². The van der Waals surface area contributed by atoms with Gasteiger partial charge in [0.05, 0.1) is 29.9 Å². The number of pyridine rings is 1. The van der Waals surface area contributed by atoms with E-state index in [0.717, 1.165) is 34.4 Å². The molecule has 0 saturated carbocycles. The number of fused-ring (bicyclic) bond motifs is 2. The normalized spacial score (nSPS) is 15.7. The van der Waals surface area contributed by atoms with E-state index < -0.39 is 0 Å². The number of aromatic amines is 1. The molecule has 1 aromatic carbocycles. The van der Waals surface area contributed by atoms with Crippen LogP contribution in [0.3, 0.4) is 0 Å². The number of hydrogen-bond donors (Lipinski definition) is 2. The van der Waals surface area contributed by atoms with Crippen molar-refractivity contribution < 1.29 is 9.15 Å². The van der Waals surface area contributed by atoms with E-state index in [1.807, 2.05) is 18.2 Å². The van der Waals surface area contributed by atoms with E-state index in [-0.39, 0.29) is 6.04 Å². The molecule has 1 aliphatic heterocycles. The molecule has 2 N–H and O–H groups in total. The van der Waals surface area contributed by atoms with Crippen LogP contribution in [-0.4, -0.2) is 26.8 Å². The van der Waals surface area contributed by atoms with Crippen molar-refractivity contribution in [2.24, 2.45) is 0 Å². The van der Waals surface area contributed by atoms with Crippen molar-refractivity contribution in [3.63, 3.8) is 0 Å². The summed E-state index contributed by atoms with van der Waals surface area (Å²) in [5, 5.41) is 20.8. The van der Waals surface area contributed by atoms with Crippen LogP contribution in [0, 0.1) is 11.3 Å². The SMILES string of the molecule is N#Cc1cnc2c(c1)OCCC2Nc1ccc2[nH]nc(-c3cnco3)c2c1. The molecule has 4 aromatic rings. The molecule has 132 valence electrons. The summed E-state index contributed by atoms with van der Waals surface area (Å²) in [5.41, 5.74) is 3.87. The lowest BCUT2D eigenvalue weighted by Crippen LogP contribution is -2.21. The summed E-state index contributed by atoms with van der Waals surface area (Å²) >= 11 is 0. The largest absolute Gasteiger partial charge is 0.491 e. The lowest BCUT2D eigenvalue weighted by molar-refractivity contribution is 0.270. The van der Waals surface area contributed by atoms with Gasteiger partial charge in [0.2, 0.25) is 0 Å². The van der Waals surface area contributed by atoms with Crippen LogP contribution >= 0.6 is 0 Å². The molecule has 0 aliphatic carbocycles. The Morgan fingerprint density at radius 1 is 1.26 bits per heavy atom. The number of H-pyrrole nitrogens is 1. The first-order valence-corrected chi connectivity index (χ1v) is 8.48. The summed E-state index contributed by atoms with van der Waals surface area (Å²) < 4.78 is 11.0. The Bertz CT molecular complexity index is 1160. The number of benzene rings is 1. The Labute approximate surface area is 153 Å². The zero-order valence-corrected chi connectivity index (χ0v) is 14.1. The monoisotopic (exact) mass is 358 g/mol. The summed E-state index contributed by atoms with van der Waals surface area (Å²) in [6, 6.07) is 9.81. The average molecular weight is 358 g/mol. The van der Waals surface area contributed by atoms with E-state index in [0.29, 0.717) is 23.7 Å². The molecule has 8 heteroatoms. The summed E-state index contributed by atoms with van der Waals surface area (Å²) in [4.78, 5) is 8.39. The molecule has 8 nitrogen and oxygen atoms in total. The van der Waals surface area contributed by atoms with Crippen LogP contribution in [0.15, 0.2) is 47.5 Å². The Morgan fingerprint density at radius 2 is 2.22 bits per heavy atom. The summed E-state index contributed by atoms with van der Waals surface area (Å²) in [5.74, 6) is 1.27. The lowest BCUT2D eigenvalue weighted by Gasteiger charge is -2.26. The first-order valence-electron chi connectivity index (χ1n) is 8.48. The van der Waals surface area contributed by atoms with Crippen molar-refractivity contribution in [3.8, 4) is 23.3 Å². The molecule has 0 radical (unpaired) electrons. The first kappa shape index (κ1) is 15.4. The van der Waals surface area contributed by atoms with Gasteiger partial charge in [0.1, 0.15) is 23.2 Å². The van der Waals surface area contributed by atoms with Gasteiger partial charge in [-0.3, -0.25) is 10.1 Å². The molecule has 5 rings (SSSR count). The highest BCUT2D eigenvalue weighted by Crippen LogP contribution is 2.35. The Balaban J connectivity index is 1.49. The maximum Gasteiger partial charge on any atom is 0.181 e. The molecule has 0 saturated heterocycles. The van der Waals surface area contributed by atoms with E-state index in [9.17, 15) is 0 Å². The van der Waals surface area contributed by atoms with Crippen molar-refractivity contribution in [1.29, 1.82) is 5.26 Å². The van der Waals surface area contributed by atoms with Crippen molar-refractivity contribution in [1.82, 2.24) is 20.2 Å². The lowest BCUT2D eigenvalue weighted by atomic mass is 10.0. The number of anilines is 1. The Morgan fingerprint density at radius 3 is 3.07 bits per heavy atom. The van der Waals surface area contributed by atoms with Gasteiger partial charge in [-0.15, -0.1) is 0 Å². The third-order valence-electron chi connectivity index (χ3n) is 4.57. The van der Waals surface area contributed by atoms with Crippen molar-refractivity contribution >= 4 is 16.6 Å². The molecule has 4 heterocycles. The van der Waals surface area contributed by atoms with Crippen molar-refractivity contribution in [2.75, 3.05) is 11.9 Å². The minimum atomic E-state index is -0.000395. The fraction of sp³-hybridized carbons (Fsp3) is 0.158. The maximum absolute atomic E-state index is 9.04. The minimum Gasteiger partial charge on any atom is -0.491 e. The molecule has 1 atom stereocenters. The van der Waals surface area contributed by atoms with Crippen LogP contribution in [0.1, 0.15) is 23.7 Å². The van der Waals surface area contributed by atoms with Crippen molar-refractivity contribution in [3.05, 3.63) is 54.3 Å². The molecule has 0 spiro atoms. The molecule has 1 unspecified atom stereocenters. The van der Waals surface area contributed by atoms with E-state index in [1.165, 1.54) is 6.39 Å². The second kappa shape index (κ2) is 6.14. The van der Waals surface area contributed by atoms with E-state index in [2.05, 4.69) is 31.6 Å². The van der Waals surface area contributed by atoms with Gasteiger partial charge in [0.25, 0.3) is 0 Å². The molecule has 27 heavy (non-hydrogen) atoms. The molecule has 3 aromatic heterocycles. The number of nitriles is 1. The molecule has 1 aliphatic rings. The summed E-state index contributed by atoms with van der Waals surface area (Å²) in [6.45, 7) is 0.568. The summed E-state index contributed by atoms with van der Waals surface area (Å²) in [6.07, 6.45) is 5.38. The number of oxazole rings is 1. The zero-order valence-electron chi connectivity index (χ0n) is 14.1. The average Bonchev–Trinajstić information content (AvgIpc) is 3.37. The molecule has 0 bridgehead atoms. The number of nitrogens with one attached hydrogen (secondary N) is 2. The minimum absolute atomic E-state index is 0.000395. The smallest absolute Gasteiger partial charge is 0.181 e. The van der Waals surface area contributed by atoms with Gasteiger partial charge in [-0.05, 0) is 18.2 Å². The zero-order chi connectivity index (χ0) is 18.2. The standard InChI is InChI=1S/C19H14N6O2/c20-7-11-5-16-19(22-8-11)15(3-4-26-16)23-12-1-2-14-13(6-12)18(25-24-14)17-9-21-10-27-17/h1-2,5-6,8-10,15,23H,3-4H2,(H,24,25). The van der Waals surface area contributed by atoms with Crippen LogP contribution in [0.5, 0.6) is 5.75 Å². The number of rotatable bonds is 3. The van der Waals surface area contributed by atoms with Crippen LogP contribution < -0.4 is 10.1 Å². The molecular formula is C19H14N6O2. The third-order valence-corrected chi connectivity index (χ3v) is 4.57. The van der Waals surface area contributed by atoms with E-state index in [4.69, 9.17) is 14.4 Å². The number of hydrogen-bond acceptors (Lipinski definition) is 7. The Kier molecular flexibility index (Phi) is 3.50. The van der Waals surface area contributed by atoms with Crippen molar-refractivity contribution in [2.45, 2.75) is 12.5 Å². The molecular weight excluding hydrogens is 344 g/mol. The maximum atomic E-state index is 9.04. The van der Waals surface area contributed by atoms with Gasteiger partial charge in [0, 0.05) is 29.8 Å². The van der Waals surface area contributed by atoms with Gasteiger partial charge >= 0.3 is 0 Å². The fourth-order valence-electron chi connectivity index (χ4n) is 3.28. The van der Waals surface area contributed by atoms with Crippen LogP contribution in [0.4, 0.5) is 5.69 Å². The van der Waals surface area contributed by atoms with Gasteiger partial charge in [-0.2, -0.15) is 10.4 Å². The van der Waals surface area contributed by atoms with Gasteiger partial charge < -0.3 is 14.5 Å². The predicted molar refractivity (Wildman–Crippen MR) is 97.0 cm³/mol.